The Morgan fingerprint density at radius 3 is 0.750 bits per heavy atom. The minimum atomic E-state index is -4.78. The summed E-state index contributed by atoms with van der Waals surface area (Å²) in [5, 5.41) is 41.8. The topological polar surface area (TPSA) is 119 Å². The van der Waals surface area contributed by atoms with Gasteiger partial charge in [-0.25, -0.2) is 0 Å². The van der Waals surface area contributed by atoms with Gasteiger partial charge in [0.25, 0.3) is 0 Å². The molecule has 0 rings (SSSR count). The third-order valence-electron chi connectivity index (χ3n) is 0.791. The molecule has 54 valence electrons. The summed E-state index contributed by atoms with van der Waals surface area (Å²) in [7, 11) is 0. The fraction of sp³-hybridized carbons (Fsp3) is 0. The van der Waals surface area contributed by atoms with Gasteiger partial charge in [-0.1, -0.05) is 0 Å². The summed E-state index contributed by atoms with van der Waals surface area (Å²) in [5.41, 5.74) is 0. The molecule has 0 aliphatic heterocycles. The van der Waals surface area contributed by atoms with E-state index in [-0.39, 0.29) is 29.6 Å². The molecule has 0 aromatic rings. The standard InChI is InChI=1S/5CN.Fe.Na/c5*1-2;;/q;;;;;-1;+1. The van der Waals surface area contributed by atoms with E-state index in [2.05, 4.69) is 0 Å². The Balaban J connectivity index is 0. The zero-order chi connectivity index (χ0) is 8.98. The number of hydrogen-bond acceptors (Lipinski definition) is 5. The third kappa shape index (κ3) is 1.58. The molecule has 0 aromatic carbocycles. The predicted octanol–water partition coefficient (Wildman–Crippen LogP) is -2.91. The van der Waals surface area contributed by atoms with Gasteiger partial charge in [0, 0.05) is 0 Å². The van der Waals surface area contributed by atoms with Gasteiger partial charge >= 0.3 is 92.5 Å². The van der Waals surface area contributed by atoms with Gasteiger partial charge < -0.3 is 0 Å². The predicted molar refractivity (Wildman–Crippen MR) is 28.1 cm³/mol. The number of nitrogens with zero attached hydrogens (tertiary/aromatic N) is 5. The number of rotatable bonds is 0. The van der Waals surface area contributed by atoms with E-state index in [1.54, 1.807) is 0 Å². The van der Waals surface area contributed by atoms with Gasteiger partial charge in [0.2, 0.25) is 0 Å². The van der Waals surface area contributed by atoms with Crippen molar-refractivity contribution >= 4 is 0 Å². The molecule has 0 unspecified atom stereocenters. The summed E-state index contributed by atoms with van der Waals surface area (Å²) >= 11 is -4.78. The second-order valence-electron chi connectivity index (χ2n) is 1.28. The van der Waals surface area contributed by atoms with Crippen molar-refractivity contribution in [1.29, 1.82) is 26.3 Å². The van der Waals surface area contributed by atoms with E-state index in [1.165, 1.54) is 24.8 Å². The minimum absolute atomic E-state index is 0. The summed E-state index contributed by atoms with van der Waals surface area (Å²) in [6.07, 6.45) is 0. The molecule has 0 spiro atoms. The van der Waals surface area contributed by atoms with Gasteiger partial charge in [-0.2, -0.15) is 0 Å². The Labute approximate surface area is 91.9 Å². The van der Waals surface area contributed by atoms with Crippen molar-refractivity contribution in [3.8, 4) is 24.8 Å². The van der Waals surface area contributed by atoms with Crippen LogP contribution in [0.2, 0.25) is 0 Å². The van der Waals surface area contributed by atoms with Crippen molar-refractivity contribution in [1.82, 2.24) is 0 Å². The van der Waals surface area contributed by atoms with E-state index in [9.17, 15) is 0 Å². The molecule has 0 aliphatic carbocycles. The van der Waals surface area contributed by atoms with E-state index in [0.29, 0.717) is 0 Å². The van der Waals surface area contributed by atoms with E-state index in [0.717, 1.165) is 0 Å². The van der Waals surface area contributed by atoms with Crippen LogP contribution in [0, 0.1) is 51.1 Å². The summed E-state index contributed by atoms with van der Waals surface area (Å²) < 4.78 is 0. The first kappa shape index (κ1) is 13.6. The minimum Gasteiger partial charge on any atom is 1.00 e. The normalized spacial score (nSPS) is 10.4. The molecular formula is C5FeN5Na. The second kappa shape index (κ2) is 4.11. The van der Waals surface area contributed by atoms with Gasteiger partial charge in [-0.05, 0) is 0 Å². The molecule has 0 N–H and O–H groups in total. The smallest absolute Gasteiger partial charge is 1.00 e. The first-order valence-corrected chi connectivity index (χ1v) is 4.76. The molecule has 0 amide bonds. The van der Waals surface area contributed by atoms with Gasteiger partial charge in [0.05, 0.1) is 0 Å². The molecule has 0 saturated heterocycles. The number of nitriles is 5. The molecule has 0 heterocycles. The Hall–Kier alpha value is -1.03. The third-order valence-corrected chi connectivity index (χ3v) is 3.26. The molecule has 0 aromatic heterocycles. The molecule has 0 radical (unpaired) electrons. The van der Waals surface area contributed by atoms with Crippen molar-refractivity contribution in [3.05, 3.63) is 0 Å². The maximum absolute atomic E-state index is 8.35. The van der Waals surface area contributed by atoms with Crippen LogP contribution in [0.4, 0.5) is 0 Å². The zero-order valence-corrected chi connectivity index (χ0v) is 9.19. The summed E-state index contributed by atoms with van der Waals surface area (Å²) in [4.78, 5) is 6.12. The zero-order valence-electron chi connectivity index (χ0n) is 6.09. The van der Waals surface area contributed by atoms with Gasteiger partial charge in [-0.15, -0.1) is 0 Å². The molecule has 0 bridgehead atoms. The van der Waals surface area contributed by atoms with Crippen molar-refractivity contribution in [3.63, 3.8) is 0 Å². The van der Waals surface area contributed by atoms with Crippen molar-refractivity contribution in [2.45, 2.75) is 0 Å². The van der Waals surface area contributed by atoms with Gasteiger partial charge in [-0.3, -0.25) is 0 Å². The van der Waals surface area contributed by atoms with Crippen molar-refractivity contribution in [2.24, 2.45) is 0 Å². The van der Waals surface area contributed by atoms with Gasteiger partial charge in [0.1, 0.15) is 0 Å². The second-order valence-corrected chi connectivity index (χ2v) is 5.27. The number of hydrogen-bond donors (Lipinski definition) is 0. The molecule has 0 saturated carbocycles. The Morgan fingerprint density at radius 1 is 0.583 bits per heavy atom. The maximum Gasteiger partial charge on any atom is 1.00 e. The van der Waals surface area contributed by atoms with E-state index >= 15 is 0 Å². The SMILES string of the molecule is N#[C][Fe-]([C]#N)([C]#N)([C]#N)[C]#N.[Na+]. The maximum atomic E-state index is 8.35. The van der Waals surface area contributed by atoms with Crippen LogP contribution in [0.15, 0.2) is 0 Å². The summed E-state index contributed by atoms with van der Waals surface area (Å²) in [5.74, 6) is 0. The molecule has 12 heavy (non-hydrogen) atoms. The van der Waals surface area contributed by atoms with Crippen LogP contribution in [0.25, 0.3) is 0 Å². The molecular weight excluding hydrogens is 209 g/mol. The van der Waals surface area contributed by atoms with Crippen LogP contribution >= 0.6 is 0 Å². The van der Waals surface area contributed by atoms with Crippen LogP contribution in [0.5, 0.6) is 0 Å². The van der Waals surface area contributed by atoms with Gasteiger partial charge in [0.15, 0.2) is 0 Å². The average Bonchev–Trinajstić information content (AvgIpc) is 2.12. The Bertz CT molecular complexity index is 295. The van der Waals surface area contributed by atoms with Crippen LogP contribution in [-0.2, 0) is 11.8 Å². The molecule has 0 atom stereocenters. The van der Waals surface area contributed by atoms with E-state index in [1.807, 2.05) is 0 Å². The largest absolute Gasteiger partial charge is 1.00 e. The van der Waals surface area contributed by atoms with Crippen molar-refractivity contribution < 1.29 is 41.3 Å². The van der Waals surface area contributed by atoms with E-state index < -0.39 is 11.8 Å². The fourth-order valence-corrected chi connectivity index (χ4v) is 0.729. The summed E-state index contributed by atoms with van der Waals surface area (Å²) in [6, 6.07) is 0. The fourth-order valence-electron chi connectivity index (χ4n) is 0.177. The molecule has 0 fully saturated rings. The van der Waals surface area contributed by atoms with Crippen LogP contribution in [0.3, 0.4) is 0 Å². The molecule has 7 heteroatoms. The Kier molecular flexibility index (Phi) is 4.64. The van der Waals surface area contributed by atoms with Crippen molar-refractivity contribution in [2.75, 3.05) is 0 Å². The first-order chi connectivity index (χ1) is 5.12. The van der Waals surface area contributed by atoms with Crippen LogP contribution in [0.1, 0.15) is 0 Å². The average molecular weight is 209 g/mol. The van der Waals surface area contributed by atoms with Crippen LogP contribution in [-0.4, -0.2) is 0 Å². The van der Waals surface area contributed by atoms with Crippen LogP contribution < -0.4 is 29.6 Å². The molecule has 5 nitrogen and oxygen atoms in total. The first-order valence-electron chi connectivity index (χ1n) is 2.00. The quantitative estimate of drug-likeness (QED) is 0.396. The summed E-state index contributed by atoms with van der Waals surface area (Å²) in [6.45, 7) is 0. The Morgan fingerprint density at radius 2 is 0.750 bits per heavy atom. The monoisotopic (exact) mass is 209 g/mol. The molecule has 0 aliphatic rings. The van der Waals surface area contributed by atoms with E-state index in [4.69, 9.17) is 26.3 Å².